The van der Waals surface area contributed by atoms with Gasteiger partial charge in [-0.1, -0.05) is 53.5 Å². The van der Waals surface area contributed by atoms with Crippen LogP contribution < -0.4 is 10.6 Å². The van der Waals surface area contributed by atoms with Crippen molar-refractivity contribution in [2.45, 2.75) is 13.5 Å². The molecule has 0 aromatic heterocycles. The van der Waals surface area contributed by atoms with Crippen LogP contribution in [0, 0.1) is 6.92 Å². The molecule has 5 heteroatoms. The van der Waals surface area contributed by atoms with Gasteiger partial charge in [0, 0.05) is 6.54 Å². The second-order valence-corrected chi connectivity index (χ2v) is 5.47. The molecule has 2 aromatic carbocycles. The van der Waals surface area contributed by atoms with Crippen LogP contribution in [-0.2, 0) is 11.3 Å². The number of rotatable bonds is 5. The standard InChI is InChI=1S/C16H16Cl2N2O/c1-11-5-2-3-6-12(11)9-19-15(21)10-20-16-13(17)7-4-8-14(16)18/h2-8,20H,9-10H2,1H3,(H,19,21). The first kappa shape index (κ1) is 15.7. The second-order valence-electron chi connectivity index (χ2n) is 4.65. The number of hydrogen-bond donors (Lipinski definition) is 2. The molecule has 2 aromatic rings. The molecule has 0 fully saturated rings. The summed E-state index contributed by atoms with van der Waals surface area (Å²) in [6, 6.07) is 13.1. The van der Waals surface area contributed by atoms with Crippen molar-refractivity contribution in [2.24, 2.45) is 0 Å². The second kappa shape index (κ2) is 7.34. The molecule has 3 nitrogen and oxygen atoms in total. The van der Waals surface area contributed by atoms with E-state index in [2.05, 4.69) is 10.6 Å². The Morgan fingerprint density at radius 1 is 1.05 bits per heavy atom. The maximum Gasteiger partial charge on any atom is 0.239 e. The Balaban J connectivity index is 1.87. The van der Waals surface area contributed by atoms with Crippen LogP contribution >= 0.6 is 23.2 Å². The van der Waals surface area contributed by atoms with Gasteiger partial charge in [0.2, 0.25) is 5.91 Å². The molecule has 0 saturated carbocycles. The predicted molar refractivity (Wildman–Crippen MR) is 88.0 cm³/mol. The van der Waals surface area contributed by atoms with Crippen LogP contribution in [0.2, 0.25) is 10.0 Å². The van der Waals surface area contributed by atoms with Crippen LogP contribution in [0.15, 0.2) is 42.5 Å². The number of carbonyl (C=O) groups excluding carboxylic acids is 1. The van der Waals surface area contributed by atoms with Crippen LogP contribution in [0.1, 0.15) is 11.1 Å². The summed E-state index contributed by atoms with van der Waals surface area (Å²) in [6.07, 6.45) is 0. The van der Waals surface area contributed by atoms with E-state index in [1.165, 1.54) is 0 Å². The smallest absolute Gasteiger partial charge is 0.239 e. The lowest BCUT2D eigenvalue weighted by Gasteiger charge is -2.11. The lowest BCUT2D eigenvalue weighted by Crippen LogP contribution is -2.29. The topological polar surface area (TPSA) is 41.1 Å². The average molecular weight is 323 g/mol. The highest BCUT2D eigenvalue weighted by Crippen LogP contribution is 2.29. The number of nitrogens with one attached hydrogen (secondary N) is 2. The Morgan fingerprint density at radius 3 is 2.38 bits per heavy atom. The number of carbonyl (C=O) groups is 1. The van der Waals surface area contributed by atoms with Gasteiger partial charge in [-0.05, 0) is 30.2 Å². The molecule has 0 bridgehead atoms. The number of aryl methyl sites for hydroxylation is 1. The summed E-state index contributed by atoms with van der Waals surface area (Å²) in [5.41, 5.74) is 2.83. The normalized spacial score (nSPS) is 10.2. The molecular formula is C16H16Cl2N2O. The molecule has 21 heavy (non-hydrogen) atoms. The molecule has 0 aliphatic heterocycles. The fourth-order valence-electron chi connectivity index (χ4n) is 1.90. The fraction of sp³-hybridized carbons (Fsp3) is 0.188. The van der Waals surface area contributed by atoms with Crippen LogP contribution in [0.5, 0.6) is 0 Å². The molecule has 0 radical (unpaired) electrons. The highest BCUT2D eigenvalue weighted by atomic mass is 35.5. The molecule has 0 aliphatic rings. The van der Waals surface area contributed by atoms with Gasteiger partial charge in [0.1, 0.15) is 0 Å². The largest absolute Gasteiger partial charge is 0.374 e. The molecule has 0 heterocycles. The summed E-state index contributed by atoms with van der Waals surface area (Å²) in [4.78, 5) is 11.9. The molecule has 0 spiro atoms. The van der Waals surface area contributed by atoms with E-state index in [1.807, 2.05) is 31.2 Å². The third-order valence-electron chi connectivity index (χ3n) is 3.13. The first-order chi connectivity index (χ1) is 10.1. The van der Waals surface area contributed by atoms with Gasteiger partial charge >= 0.3 is 0 Å². The summed E-state index contributed by atoms with van der Waals surface area (Å²) in [5, 5.41) is 6.81. The lowest BCUT2D eigenvalue weighted by molar-refractivity contribution is -0.119. The van der Waals surface area contributed by atoms with Crippen molar-refractivity contribution < 1.29 is 4.79 Å². The van der Waals surface area contributed by atoms with Crippen molar-refractivity contribution in [1.82, 2.24) is 5.32 Å². The van der Waals surface area contributed by atoms with E-state index < -0.39 is 0 Å². The van der Waals surface area contributed by atoms with E-state index in [4.69, 9.17) is 23.2 Å². The molecule has 1 amide bonds. The van der Waals surface area contributed by atoms with Crippen LogP contribution in [0.25, 0.3) is 0 Å². The Kier molecular flexibility index (Phi) is 5.48. The highest BCUT2D eigenvalue weighted by Gasteiger charge is 2.07. The van der Waals surface area contributed by atoms with E-state index in [0.717, 1.165) is 11.1 Å². The van der Waals surface area contributed by atoms with Crippen molar-refractivity contribution in [3.05, 3.63) is 63.6 Å². The molecule has 2 N–H and O–H groups in total. The molecule has 110 valence electrons. The van der Waals surface area contributed by atoms with Crippen molar-refractivity contribution in [3.8, 4) is 0 Å². The third-order valence-corrected chi connectivity index (χ3v) is 3.76. The number of hydrogen-bond acceptors (Lipinski definition) is 2. The number of benzene rings is 2. The third kappa shape index (κ3) is 4.38. The van der Waals surface area contributed by atoms with Gasteiger partial charge in [-0.2, -0.15) is 0 Å². The average Bonchev–Trinajstić information content (AvgIpc) is 2.46. The molecule has 0 atom stereocenters. The Labute approximate surface area is 134 Å². The Bertz CT molecular complexity index is 624. The van der Waals surface area contributed by atoms with Crippen LogP contribution in [-0.4, -0.2) is 12.5 Å². The SMILES string of the molecule is Cc1ccccc1CNC(=O)CNc1c(Cl)cccc1Cl. The van der Waals surface area contributed by atoms with E-state index in [-0.39, 0.29) is 12.5 Å². The highest BCUT2D eigenvalue weighted by molar-refractivity contribution is 6.39. The fourth-order valence-corrected chi connectivity index (χ4v) is 2.43. The van der Waals surface area contributed by atoms with Gasteiger partial charge in [-0.15, -0.1) is 0 Å². The maximum absolute atomic E-state index is 11.9. The summed E-state index contributed by atoms with van der Waals surface area (Å²) in [6.45, 7) is 2.64. The number of amides is 1. The van der Waals surface area contributed by atoms with E-state index in [0.29, 0.717) is 22.3 Å². The van der Waals surface area contributed by atoms with E-state index in [1.54, 1.807) is 18.2 Å². The van der Waals surface area contributed by atoms with Crippen molar-refractivity contribution in [1.29, 1.82) is 0 Å². The zero-order chi connectivity index (χ0) is 15.2. The Hall–Kier alpha value is -1.71. The summed E-state index contributed by atoms with van der Waals surface area (Å²) in [5.74, 6) is -0.116. The zero-order valence-corrected chi connectivity index (χ0v) is 13.1. The van der Waals surface area contributed by atoms with E-state index in [9.17, 15) is 4.79 Å². The summed E-state index contributed by atoms with van der Waals surface area (Å²) >= 11 is 12.1. The van der Waals surface area contributed by atoms with Crippen molar-refractivity contribution >= 4 is 34.8 Å². The van der Waals surface area contributed by atoms with Gasteiger partial charge in [0.15, 0.2) is 0 Å². The van der Waals surface area contributed by atoms with Crippen LogP contribution in [0.4, 0.5) is 5.69 Å². The minimum atomic E-state index is -0.116. The van der Waals surface area contributed by atoms with Crippen LogP contribution in [0.3, 0.4) is 0 Å². The molecule has 0 aliphatic carbocycles. The van der Waals surface area contributed by atoms with Crippen molar-refractivity contribution in [2.75, 3.05) is 11.9 Å². The molecule has 0 saturated heterocycles. The van der Waals surface area contributed by atoms with Gasteiger partial charge in [-0.25, -0.2) is 0 Å². The minimum absolute atomic E-state index is 0.116. The number of halogens is 2. The minimum Gasteiger partial charge on any atom is -0.374 e. The summed E-state index contributed by atoms with van der Waals surface area (Å²) in [7, 11) is 0. The zero-order valence-electron chi connectivity index (χ0n) is 11.6. The quantitative estimate of drug-likeness (QED) is 0.872. The summed E-state index contributed by atoms with van der Waals surface area (Å²) < 4.78 is 0. The Morgan fingerprint density at radius 2 is 1.71 bits per heavy atom. The van der Waals surface area contributed by atoms with Crippen molar-refractivity contribution in [3.63, 3.8) is 0 Å². The molecular weight excluding hydrogens is 307 g/mol. The maximum atomic E-state index is 11.9. The first-order valence-electron chi connectivity index (χ1n) is 6.57. The predicted octanol–water partition coefficient (Wildman–Crippen LogP) is 4.03. The van der Waals surface area contributed by atoms with Gasteiger partial charge < -0.3 is 10.6 Å². The molecule has 2 rings (SSSR count). The first-order valence-corrected chi connectivity index (χ1v) is 7.32. The molecule has 0 unspecified atom stereocenters. The van der Waals surface area contributed by atoms with Gasteiger partial charge in [0.05, 0.1) is 22.3 Å². The van der Waals surface area contributed by atoms with E-state index >= 15 is 0 Å². The lowest BCUT2D eigenvalue weighted by atomic mass is 10.1. The van der Waals surface area contributed by atoms with Gasteiger partial charge in [-0.3, -0.25) is 4.79 Å². The number of anilines is 1. The van der Waals surface area contributed by atoms with Gasteiger partial charge in [0.25, 0.3) is 0 Å². The monoisotopic (exact) mass is 322 g/mol. The number of para-hydroxylation sites is 1.